The average molecular weight is 450 g/mol. The van der Waals surface area contributed by atoms with Gasteiger partial charge in [-0.2, -0.15) is 4.31 Å². The molecule has 9 heteroatoms. The number of nitrogens with one attached hydrogen (secondary N) is 1. The molecule has 31 heavy (non-hydrogen) atoms. The molecule has 2 aromatic rings. The second-order valence-corrected chi connectivity index (χ2v) is 9.86. The van der Waals surface area contributed by atoms with Crippen molar-refractivity contribution in [2.45, 2.75) is 30.6 Å². The summed E-state index contributed by atoms with van der Waals surface area (Å²) in [7, 11) is -4.16. The summed E-state index contributed by atoms with van der Waals surface area (Å²) in [4.78, 5) is 14.4. The van der Waals surface area contributed by atoms with E-state index in [1.165, 1.54) is 0 Å². The van der Waals surface area contributed by atoms with E-state index in [9.17, 15) is 22.0 Å². The summed E-state index contributed by atoms with van der Waals surface area (Å²) in [6.07, 6.45) is 2.88. The number of hydrogen-bond acceptors (Lipinski definition) is 4. The smallest absolute Gasteiger partial charge is 0.246 e. The van der Waals surface area contributed by atoms with Crippen molar-refractivity contribution in [2.75, 3.05) is 36.4 Å². The lowest BCUT2D eigenvalue weighted by Gasteiger charge is -2.31. The minimum atomic E-state index is -4.16. The molecule has 6 nitrogen and oxygen atoms in total. The Bertz CT molecular complexity index is 1060. The average Bonchev–Trinajstić information content (AvgIpc) is 3.30. The Labute approximate surface area is 180 Å². The van der Waals surface area contributed by atoms with Crippen LogP contribution in [0.4, 0.5) is 20.2 Å². The molecule has 1 amide bonds. The first-order valence-corrected chi connectivity index (χ1v) is 11.9. The van der Waals surface area contributed by atoms with Crippen molar-refractivity contribution in [2.24, 2.45) is 5.92 Å². The summed E-state index contributed by atoms with van der Waals surface area (Å²) in [6.45, 7) is 2.06. The molecular formula is C22H25F2N3O3S. The number of carbonyl (C=O) groups excluding carboxylic acids is 1. The lowest BCUT2D eigenvalue weighted by atomic mass is 9.97. The Balaban J connectivity index is 1.41. The molecule has 2 aromatic carbocycles. The second-order valence-electron chi connectivity index (χ2n) is 7.95. The van der Waals surface area contributed by atoms with Gasteiger partial charge >= 0.3 is 0 Å². The van der Waals surface area contributed by atoms with Gasteiger partial charge in [-0.15, -0.1) is 0 Å². The number of anilines is 2. The molecule has 166 valence electrons. The number of piperidine rings is 1. The third-order valence-corrected chi connectivity index (χ3v) is 7.86. The third kappa shape index (κ3) is 4.57. The molecule has 1 N–H and O–H groups in total. The van der Waals surface area contributed by atoms with Gasteiger partial charge in [0.15, 0.2) is 0 Å². The molecule has 0 aliphatic carbocycles. The zero-order valence-corrected chi connectivity index (χ0v) is 17.9. The van der Waals surface area contributed by atoms with Gasteiger partial charge in [0.1, 0.15) is 16.5 Å². The van der Waals surface area contributed by atoms with Gasteiger partial charge < -0.3 is 10.2 Å². The summed E-state index contributed by atoms with van der Waals surface area (Å²) < 4.78 is 54.0. The van der Waals surface area contributed by atoms with Gasteiger partial charge in [0.2, 0.25) is 15.9 Å². The Morgan fingerprint density at radius 3 is 2.35 bits per heavy atom. The fourth-order valence-electron chi connectivity index (χ4n) is 4.22. The molecule has 0 radical (unpaired) electrons. The maximum absolute atomic E-state index is 14.0. The fourth-order valence-corrected chi connectivity index (χ4v) is 5.77. The van der Waals surface area contributed by atoms with E-state index in [0.717, 1.165) is 53.7 Å². The third-order valence-electron chi connectivity index (χ3n) is 5.94. The van der Waals surface area contributed by atoms with Crippen LogP contribution in [0.2, 0.25) is 0 Å². The maximum Gasteiger partial charge on any atom is 0.246 e. The minimum Gasteiger partial charge on any atom is -0.370 e. The molecule has 0 aromatic heterocycles. The van der Waals surface area contributed by atoms with Crippen LogP contribution >= 0.6 is 0 Å². The van der Waals surface area contributed by atoms with Gasteiger partial charge in [0.25, 0.3) is 0 Å². The van der Waals surface area contributed by atoms with E-state index >= 15 is 0 Å². The van der Waals surface area contributed by atoms with Crippen molar-refractivity contribution in [1.29, 1.82) is 0 Å². The molecule has 0 unspecified atom stereocenters. The molecule has 2 aliphatic rings. The number of para-hydroxylation sites is 2. The maximum atomic E-state index is 14.0. The van der Waals surface area contributed by atoms with Crippen LogP contribution in [0, 0.1) is 17.6 Å². The monoisotopic (exact) mass is 449 g/mol. The van der Waals surface area contributed by atoms with E-state index in [-0.39, 0.29) is 24.9 Å². The lowest BCUT2D eigenvalue weighted by Crippen LogP contribution is -2.41. The van der Waals surface area contributed by atoms with Gasteiger partial charge in [-0.3, -0.25) is 4.79 Å². The molecule has 2 heterocycles. The number of carbonyl (C=O) groups is 1. The number of amides is 1. The van der Waals surface area contributed by atoms with E-state index < -0.39 is 26.6 Å². The Morgan fingerprint density at radius 1 is 0.968 bits per heavy atom. The quantitative estimate of drug-likeness (QED) is 0.757. The van der Waals surface area contributed by atoms with Gasteiger partial charge in [-0.25, -0.2) is 17.2 Å². The predicted octanol–water partition coefficient (Wildman–Crippen LogP) is 3.60. The van der Waals surface area contributed by atoms with E-state index in [4.69, 9.17) is 0 Å². The second kappa shape index (κ2) is 8.92. The molecule has 0 atom stereocenters. The van der Waals surface area contributed by atoms with E-state index in [1.807, 2.05) is 24.3 Å². The van der Waals surface area contributed by atoms with Crippen LogP contribution in [0.3, 0.4) is 0 Å². The van der Waals surface area contributed by atoms with E-state index in [0.29, 0.717) is 18.9 Å². The molecule has 4 rings (SSSR count). The van der Waals surface area contributed by atoms with Gasteiger partial charge in [-0.05, 0) is 56.0 Å². The van der Waals surface area contributed by atoms with Crippen LogP contribution in [-0.2, 0) is 14.8 Å². The van der Waals surface area contributed by atoms with E-state index in [2.05, 4.69) is 10.2 Å². The number of sulfonamides is 1. The lowest BCUT2D eigenvalue weighted by molar-refractivity contribution is -0.120. The molecule has 2 saturated heterocycles. The van der Waals surface area contributed by atoms with Crippen molar-refractivity contribution in [3.8, 4) is 0 Å². The highest BCUT2D eigenvalue weighted by Crippen LogP contribution is 2.31. The first-order chi connectivity index (χ1) is 14.9. The van der Waals surface area contributed by atoms with Crippen LogP contribution in [0.1, 0.15) is 25.7 Å². The standard InChI is InChI=1S/C22H25F2N3O3S/c23-17-7-8-18(24)21(15-17)31(29,30)27-13-9-16(10-14-27)22(28)25-19-5-1-2-6-20(19)26-11-3-4-12-26/h1-2,5-8,15-16H,3-4,9-14H2,(H,25,28). The molecule has 2 aliphatic heterocycles. The van der Waals surface area contributed by atoms with Crippen molar-refractivity contribution in [3.05, 3.63) is 54.1 Å². The largest absolute Gasteiger partial charge is 0.370 e. The number of halogens is 2. The Hall–Kier alpha value is -2.52. The summed E-state index contributed by atoms with van der Waals surface area (Å²) in [5.74, 6) is -2.30. The minimum absolute atomic E-state index is 0.0736. The van der Waals surface area contributed by atoms with Crippen molar-refractivity contribution in [3.63, 3.8) is 0 Å². The summed E-state index contributed by atoms with van der Waals surface area (Å²) >= 11 is 0. The van der Waals surface area contributed by atoms with Crippen molar-refractivity contribution >= 4 is 27.3 Å². The zero-order chi connectivity index (χ0) is 22.0. The zero-order valence-electron chi connectivity index (χ0n) is 17.1. The normalized spacial score (nSPS) is 18.3. The molecule has 0 spiro atoms. The highest BCUT2D eigenvalue weighted by molar-refractivity contribution is 7.89. The molecule has 2 fully saturated rings. The highest BCUT2D eigenvalue weighted by Gasteiger charge is 2.34. The first-order valence-electron chi connectivity index (χ1n) is 10.5. The molecular weight excluding hydrogens is 424 g/mol. The summed E-state index contributed by atoms with van der Waals surface area (Å²) in [5.41, 5.74) is 1.75. The summed E-state index contributed by atoms with van der Waals surface area (Å²) in [6, 6.07) is 10.1. The van der Waals surface area contributed by atoms with Crippen LogP contribution in [0.5, 0.6) is 0 Å². The number of hydrogen-bond donors (Lipinski definition) is 1. The number of benzene rings is 2. The van der Waals surface area contributed by atoms with Gasteiger partial charge in [0.05, 0.1) is 11.4 Å². The highest BCUT2D eigenvalue weighted by atomic mass is 32.2. The fraction of sp³-hybridized carbons (Fsp3) is 0.409. The summed E-state index contributed by atoms with van der Waals surface area (Å²) in [5, 5.41) is 3.00. The van der Waals surface area contributed by atoms with Crippen LogP contribution in [-0.4, -0.2) is 44.8 Å². The Morgan fingerprint density at radius 2 is 1.65 bits per heavy atom. The molecule has 0 bridgehead atoms. The van der Waals surface area contributed by atoms with Crippen LogP contribution in [0.25, 0.3) is 0 Å². The van der Waals surface area contributed by atoms with Gasteiger partial charge in [-0.1, -0.05) is 12.1 Å². The topological polar surface area (TPSA) is 69.7 Å². The number of nitrogens with zero attached hydrogens (tertiary/aromatic N) is 2. The van der Waals surface area contributed by atoms with E-state index in [1.54, 1.807) is 0 Å². The van der Waals surface area contributed by atoms with Gasteiger partial charge in [0, 0.05) is 32.1 Å². The molecule has 0 saturated carbocycles. The predicted molar refractivity (Wildman–Crippen MR) is 114 cm³/mol. The number of rotatable bonds is 5. The Kier molecular flexibility index (Phi) is 6.24. The van der Waals surface area contributed by atoms with Crippen LogP contribution < -0.4 is 10.2 Å². The van der Waals surface area contributed by atoms with Crippen molar-refractivity contribution in [1.82, 2.24) is 4.31 Å². The SMILES string of the molecule is O=C(Nc1ccccc1N1CCCC1)C1CCN(S(=O)(=O)c2cc(F)ccc2F)CC1. The van der Waals surface area contributed by atoms with Crippen LogP contribution in [0.15, 0.2) is 47.4 Å². The van der Waals surface area contributed by atoms with Crippen molar-refractivity contribution < 1.29 is 22.0 Å². The first kappa shape index (κ1) is 21.7.